The smallest absolute Gasteiger partial charge is 0.264 e. The first-order chi connectivity index (χ1) is 17.5. The number of amides is 2. The number of anilines is 1. The summed E-state index contributed by atoms with van der Waals surface area (Å²) < 4.78 is 30.1. The SMILES string of the molecule is CC(C)NC(=O)C(C)N(Cc1ccc(Br)cc1)C(=O)CN(c1ccc(Br)cc1)S(=O)(=O)c1ccccc1. The highest BCUT2D eigenvalue weighted by atomic mass is 79.9. The van der Waals surface area contributed by atoms with Gasteiger partial charge in [0.15, 0.2) is 0 Å². The van der Waals surface area contributed by atoms with Gasteiger partial charge in [0.1, 0.15) is 12.6 Å². The number of carbonyl (C=O) groups is 2. The molecule has 3 aromatic carbocycles. The molecular formula is C27H29Br2N3O4S. The Morgan fingerprint density at radius 2 is 1.38 bits per heavy atom. The van der Waals surface area contributed by atoms with Crippen LogP contribution >= 0.6 is 31.9 Å². The summed E-state index contributed by atoms with van der Waals surface area (Å²) in [6.45, 7) is 4.98. The zero-order valence-electron chi connectivity index (χ0n) is 20.8. The standard InChI is InChI=1S/C27H29Br2N3O4S/c1-19(2)30-27(34)20(3)31(17-21-9-11-22(28)12-10-21)26(33)18-32(24-15-13-23(29)14-16-24)37(35,36)25-7-5-4-6-8-25/h4-16,19-20H,17-18H2,1-3H3,(H,30,34). The highest BCUT2D eigenvalue weighted by Gasteiger charge is 2.32. The molecule has 0 aromatic heterocycles. The Morgan fingerprint density at radius 3 is 1.92 bits per heavy atom. The van der Waals surface area contributed by atoms with E-state index in [0.29, 0.717) is 5.69 Å². The third-order valence-electron chi connectivity index (χ3n) is 5.59. The van der Waals surface area contributed by atoms with Crippen molar-refractivity contribution in [2.24, 2.45) is 0 Å². The van der Waals surface area contributed by atoms with Gasteiger partial charge in [-0.05, 0) is 74.9 Å². The van der Waals surface area contributed by atoms with E-state index in [9.17, 15) is 18.0 Å². The number of hydrogen-bond acceptors (Lipinski definition) is 4. The first-order valence-corrected chi connectivity index (χ1v) is 14.7. The van der Waals surface area contributed by atoms with E-state index in [4.69, 9.17) is 0 Å². The second kappa shape index (κ2) is 12.7. The summed E-state index contributed by atoms with van der Waals surface area (Å²) in [5, 5.41) is 2.84. The van der Waals surface area contributed by atoms with Gasteiger partial charge in [-0.3, -0.25) is 13.9 Å². The molecule has 0 radical (unpaired) electrons. The minimum atomic E-state index is -4.08. The predicted octanol–water partition coefficient (Wildman–Crippen LogP) is 5.35. The Hall–Kier alpha value is -2.69. The van der Waals surface area contributed by atoms with E-state index < -0.39 is 28.5 Å². The zero-order valence-corrected chi connectivity index (χ0v) is 24.8. The summed E-state index contributed by atoms with van der Waals surface area (Å²) in [7, 11) is -4.08. The minimum Gasteiger partial charge on any atom is -0.352 e. The number of nitrogens with zero attached hydrogens (tertiary/aromatic N) is 2. The molecule has 1 atom stereocenters. The molecule has 0 aliphatic rings. The van der Waals surface area contributed by atoms with Crippen molar-refractivity contribution in [1.82, 2.24) is 10.2 Å². The van der Waals surface area contributed by atoms with Gasteiger partial charge < -0.3 is 10.2 Å². The first kappa shape index (κ1) is 28.9. The number of sulfonamides is 1. The van der Waals surface area contributed by atoms with Gasteiger partial charge in [0.2, 0.25) is 11.8 Å². The Morgan fingerprint density at radius 1 is 0.838 bits per heavy atom. The number of halogens is 2. The predicted molar refractivity (Wildman–Crippen MR) is 153 cm³/mol. The maximum atomic E-state index is 13.8. The Balaban J connectivity index is 2.00. The van der Waals surface area contributed by atoms with Crippen LogP contribution in [-0.4, -0.2) is 43.8 Å². The van der Waals surface area contributed by atoms with Crippen LogP contribution in [0.3, 0.4) is 0 Å². The van der Waals surface area contributed by atoms with E-state index >= 15 is 0 Å². The Labute approximate surface area is 235 Å². The molecule has 0 aliphatic heterocycles. The average Bonchev–Trinajstić information content (AvgIpc) is 2.87. The number of benzene rings is 3. The summed E-state index contributed by atoms with van der Waals surface area (Å²) in [5.74, 6) is -0.821. The average molecular weight is 651 g/mol. The van der Waals surface area contributed by atoms with Gasteiger partial charge in [0.25, 0.3) is 10.0 Å². The van der Waals surface area contributed by atoms with Crippen LogP contribution in [0.1, 0.15) is 26.3 Å². The maximum Gasteiger partial charge on any atom is 0.264 e. The van der Waals surface area contributed by atoms with Crippen LogP contribution in [0.25, 0.3) is 0 Å². The molecule has 0 spiro atoms. The van der Waals surface area contributed by atoms with Gasteiger partial charge in [0, 0.05) is 21.5 Å². The van der Waals surface area contributed by atoms with Crippen molar-refractivity contribution in [2.45, 2.75) is 44.3 Å². The van der Waals surface area contributed by atoms with Gasteiger partial charge in [0.05, 0.1) is 10.6 Å². The summed E-state index contributed by atoms with van der Waals surface area (Å²) >= 11 is 6.78. The minimum absolute atomic E-state index is 0.0655. The molecule has 1 N–H and O–H groups in total. The largest absolute Gasteiger partial charge is 0.352 e. The first-order valence-electron chi connectivity index (χ1n) is 11.7. The fourth-order valence-corrected chi connectivity index (χ4v) is 5.59. The van der Waals surface area contributed by atoms with Crippen molar-refractivity contribution in [1.29, 1.82) is 0 Å². The summed E-state index contributed by atoms with van der Waals surface area (Å²) in [6, 6.07) is 21.1. The van der Waals surface area contributed by atoms with E-state index in [0.717, 1.165) is 18.8 Å². The van der Waals surface area contributed by atoms with Gasteiger partial charge in [-0.15, -0.1) is 0 Å². The van der Waals surface area contributed by atoms with E-state index in [1.54, 1.807) is 49.4 Å². The molecule has 2 amide bonds. The molecule has 3 aromatic rings. The van der Waals surface area contributed by atoms with Crippen LogP contribution in [0, 0.1) is 0 Å². The quantitative estimate of drug-likeness (QED) is 0.321. The molecule has 7 nitrogen and oxygen atoms in total. The summed E-state index contributed by atoms with van der Waals surface area (Å²) in [5.41, 5.74) is 1.14. The zero-order chi connectivity index (χ0) is 27.2. The molecule has 10 heteroatoms. The summed E-state index contributed by atoms with van der Waals surface area (Å²) in [6.07, 6.45) is 0. The van der Waals surface area contributed by atoms with Crippen LogP contribution in [0.2, 0.25) is 0 Å². The van der Waals surface area contributed by atoms with Crippen LogP contribution in [-0.2, 0) is 26.2 Å². The van der Waals surface area contributed by atoms with Crippen molar-refractivity contribution in [3.8, 4) is 0 Å². The van der Waals surface area contributed by atoms with E-state index in [-0.39, 0.29) is 23.4 Å². The highest BCUT2D eigenvalue weighted by molar-refractivity contribution is 9.10. The molecule has 0 heterocycles. The molecule has 196 valence electrons. The molecule has 0 fully saturated rings. The molecule has 1 unspecified atom stereocenters. The lowest BCUT2D eigenvalue weighted by Crippen LogP contribution is -2.52. The second-order valence-electron chi connectivity index (χ2n) is 8.79. The fourth-order valence-electron chi connectivity index (χ4n) is 3.63. The van der Waals surface area contributed by atoms with Gasteiger partial charge >= 0.3 is 0 Å². The summed E-state index contributed by atoms with van der Waals surface area (Å²) in [4.78, 5) is 28.2. The van der Waals surface area contributed by atoms with Crippen molar-refractivity contribution in [2.75, 3.05) is 10.8 Å². The third-order valence-corrected chi connectivity index (χ3v) is 8.43. The molecule has 0 aliphatic carbocycles. The molecule has 37 heavy (non-hydrogen) atoms. The second-order valence-corrected chi connectivity index (χ2v) is 12.5. The molecule has 0 bridgehead atoms. The van der Waals surface area contributed by atoms with Crippen LogP contribution in [0.4, 0.5) is 5.69 Å². The fraction of sp³-hybridized carbons (Fsp3) is 0.259. The van der Waals surface area contributed by atoms with E-state index in [2.05, 4.69) is 37.2 Å². The number of hydrogen-bond donors (Lipinski definition) is 1. The number of nitrogens with one attached hydrogen (secondary N) is 1. The van der Waals surface area contributed by atoms with Crippen molar-refractivity contribution < 1.29 is 18.0 Å². The normalized spacial score (nSPS) is 12.2. The van der Waals surface area contributed by atoms with Crippen molar-refractivity contribution in [3.05, 3.63) is 93.4 Å². The molecule has 0 saturated heterocycles. The van der Waals surface area contributed by atoms with Crippen LogP contribution < -0.4 is 9.62 Å². The highest BCUT2D eigenvalue weighted by Crippen LogP contribution is 2.26. The topological polar surface area (TPSA) is 86.8 Å². The van der Waals surface area contributed by atoms with Crippen LogP contribution in [0.15, 0.2) is 92.7 Å². The van der Waals surface area contributed by atoms with Gasteiger partial charge in [-0.25, -0.2) is 8.42 Å². The lowest BCUT2D eigenvalue weighted by atomic mass is 10.1. The third kappa shape index (κ3) is 7.66. The van der Waals surface area contributed by atoms with Crippen molar-refractivity contribution >= 4 is 59.4 Å². The van der Waals surface area contributed by atoms with Crippen LogP contribution in [0.5, 0.6) is 0 Å². The van der Waals surface area contributed by atoms with Crippen molar-refractivity contribution in [3.63, 3.8) is 0 Å². The number of carbonyl (C=O) groups excluding carboxylic acids is 2. The molecule has 0 saturated carbocycles. The van der Waals surface area contributed by atoms with Gasteiger partial charge in [-0.2, -0.15) is 0 Å². The Kier molecular flexibility index (Phi) is 9.92. The van der Waals surface area contributed by atoms with E-state index in [1.165, 1.54) is 17.0 Å². The van der Waals surface area contributed by atoms with Gasteiger partial charge in [-0.1, -0.05) is 62.2 Å². The monoisotopic (exact) mass is 649 g/mol. The lowest BCUT2D eigenvalue weighted by Gasteiger charge is -2.32. The molecular weight excluding hydrogens is 622 g/mol. The lowest BCUT2D eigenvalue weighted by molar-refractivity contribution is -0.139. The Bertz CT molecular complexity index is 1320. The number of rotatable bonds is 10. The maximum absolute atomic E-state index is 13.8. The molecule has 3 rings (SSSR count). The van der Waals surface area contributed by atoms with E-state index in [1.807, 2.05) is 38.1 Å².